The van der Waals surface area contributed by atoms with E-state index < -0.39 is 10.9 Å². The standard InChI is InChI=1S/C16H15N5O5/c1-2-3-11-8-13(19-18-11)16(22)25-9-14-17-15(20-26-14)10-4-6-12(7-5-10)21(23)24/h4-8H,2-3,9H2,1H3,(H,18,19). The highest BCUT2D eigenvalue weighted by Crippen LogP contribution is 2.20. The van der Waals surface area contributed by atoms with Crippen LogP contribution < -0.4 is 0 Å². The summed E-state index contributed by atoms with van der Waals surface area (Å²) in [5.41, 5.74) is 1.56. The van der Waals surface area contributed by atoms with Gasteiger partial charge in [0, 0.05) is 23.4 Å². The molecule has 10 heteroatoms. The van der Waals surface area contributed by atoms with Gasteiger partial charge in [0.25, 0.3) is 11.6 Å². The zero-order valence-corrected chi connectivity index (χ0v) is 13.8. The number of aryl methyl sites for hydroxylation is 1. The number of nitrogens with one attached hydrogen (secondary N) is 1. The minimum Gasteiger partial charge on any atom is -0.451 e. The predicted octanol–water partition coefficient (Wildman–Crippen LogP) is 2.68. The van der Waals surface area contributed by atoms with Gasteiger partial charge >= 0.3 is 5.97 Å². The number of aromatic amines is 1. The Morgan fingerprint density at radius 3 is 2.81 bits per heavy atom. The van der Waals surface area contributed by atoms with Gasteiger partial charge < -0.3 is 9.26 Å². The summed E-state index contributed by atoms with van der Waals surface area (Å²) in [5.74, 6) is -0.245. The summed E-state index contributed by atoms with van der Waals surface area (Å²) in [7, 11) is 0. The molecule has 10 nitrogen and oxygen atoms in total. The van der Waals surface area contributed by atoms with E-state index in [1.165, 1.54) is 24.3 Å². The molecule has 0 aliphatic rings. The molecule has 1 N–H and O–H groups in total. The molecule has 0 aliphatic heterocycles. The van der Waals surface area contributed by atoms with Crippen molar-refractivity contribution in [2.24, 2.45) is 0 Å². The number of hydrogen-bond donors (Lipinski definition) is 1. The normalized spacial score (nSPS) is 10.7. The molecule has 0 aliphatic carbocycles. The maximum Gasteiger partial charge on any atom is 0.359 e. The van der Waals surface area contributed by atoms with Gasteiger partial charge in [-0.15, -0.1) is 0 Å². The SMILES string of the molecule is CCCc1cc(C(=O)OCc2nc(-c3ccc([N+](=O)[O-])cc3)no2)n[nH]1. The molecule has 3 aromatic rings. The molecule has 0 bridgehead atoms. The Morgan fingerprint density at radius 1 is 1.35 bits per heavy atom. The molecule has 2 aromatic heterocycles. The highest BCUT2D eigenvalue weighted by atomic mass is 16.6. The number of nitro benzene ring substituents is 1. The molecule has 2 heterocycles. The molecule has 1 aromatic carbocycles. The van der Waals surface area contributed by atoms with E-state index in [0.29, 0.717) is 5.56 Å². The number of hydrogen-bond acceptors (Lipinski definition) is 8. The fraction of sp³-hybridized carbons (Fsp3) is 0.250. The number of carbonyl (C=O) groups is 1. The second-order valence-electron chi connectivity index (χ2n) is 5.42. The maximum absolute atomic E-state index is 12.0. The van der Waals surface area contributed by atoms with Crippen LogP contribution in [-0.2, 0) is 17.8 Å². The lowest BCUT2D eigenvalue weighted by atomic mass is 10.2. The lowest BCUT2D eigenvalue weighted by molar-refractivity contribution is -0.384. The van der Waals surface area contributed by atoms with E-state index in [-0.39, 0.29) is 29.7 Å². The number of benzene rings is 1. The third kappa shape index (κ3) is 3.91. The number of aromatic nitrogens is 4. The zero-order chi connectivity index (χ0) is 18.5. The van der Waals surface area contributed by atoms with Crippen LogP contribution in [0.2, 0.25) is 0 Å². The lowest BCUT2D eigenvalue weighted by Gasteiger charge is -1.97. The first-order chi connectivity index (χ1) is 12.6. The van der Waals surface area contributed by atoms with E-state index in [9.17, 15) is 14.9 Å². The quantitative estimate of drug-likeness (QED) is 0.387. The highest BCUT2D eigenvalue weighted by Gasteiger charge is 2.15. The Hall–Kier alpha value is -3.56. The van der Waals surface area contributed by atoms with Crippen molar-refractivity contribution in [1.82, 2.24) is 20.3 Å². The third-order valence-corrected chi connectivity index (χ3v) is 3.49. The van der Waals surface area contributed by atoms with Crippen molar-refractivity contribution in [2.45, 2.75) is 26.4 Å². The van der Waals surface area contributed by atoms with Gasteiger partial charge in [-0.1, -0.05) is 18.5 Å². The monoisotopic (exact) mass is 357 g/mol. The van der Waals surface area contributed by atoms with Crippen LogP contribution in [-0.4, -0.2) is 31.2 Å². The van der Waals surface area contributed by atoms with Crippen LogP contribution in [0, 0.1) is 10.1 Å². The van der Waals surface area contributed by atoms with Crippen LogP contribution in [0.15, 0.2) is 34.9 Å². The first-order valence-corrected chi connectivity index (χ1v) is 7.85. The molecule has 3 rings (SSSR count). The summed E-state index contributed by atoms with van der Waals surface area (Å²) < 4.78 is 10.1. The first-order valence-electron chi connectivity index (χ1n) is 7.85. The number of non-ortho nitro benzene ring substituents is 1. The van der Waals surface area contributed by atoms with E-state index in [1.54, 1.807) is 6.07 Å². The molecule has 26 heavy (non-hydrogen) atoms. The average molecular weight is 357 g/mol. The van der Waals surface area contributed by atoms with Crippen molar-refractivity contribution in [3.8, 4) is 11.4 Å². The molecule has 134 valence electrons. The minimum atomic E-state index is -0.598. The van der Waals surface area contributed by atoms with Gasteiger partial charge in [-0.2, -0.15) is 10.1 Å². The van der Waals surface area contributed by atoms with Gasteiger partial charge in [0.05, 0.1) is 4.92 Å². The number of carbonyl (C=O) groups excluding carboxylic acids is 1. The highest BCUT2D eigenvalue weighted by molar-refractivity contribution is 5.87. The van der Waals surface area contributed by atoms with E-state index in [0.717, 1.165) is 18.5 Å². The number of nitrogens with zero attached hydrogens (tertiary/aromatic N) is 4. The fourth-order valence-electron chi connectivity index (χ4n) is 2.23. The van der Waals surface area contributed by atoms with Crippen molar-refractivity contribution < 1.29 is 19.0 Å². The molecule has 0 amide bonds. The zero-order valence-electron chi connectivity index (χ0n) is 13.8. The molecule has 0 saturated carbocycles. The summed E-state index contributed by atoms with van der Waals surface area (Å²) in [5, 5.41) is 21.1. The van der Waals surface area contributed by atoms with Crippen LogP contribution in [0.5, 0.6) is 0 Å². The molecule has 0 atom stereocenters. The average Bonchev–Trinajstić information content (AvgIpc) is 3.30. The van der Waals surface area contributed by atoms with Crippen LogP contribution in [0.3, 0.4) is 0 Å². The van der Waals surface area contributed by atoms with Gasteiger partial charge in [-0.05, 0) is 24.6 Å². The number of esters is 1. The predicted molar refractivity (Wildman–Crippen MR) is 88.1 cm³/mol. The molecular weight excluding hydrogens is 342 g/mol. The van der Waals surface area contributed by atoms with Crippen LogP contribution in [0.1, 0.15) is 35.4 Å². The van der Waals surface area contributed by atoms with Crippen molar-refractivity contribution >= 4 is 11.7 Å². The largest absolute Gasteiger partial charge is 0.451 e. The van der Waals surface area contributed by atoms with Crippen LogP contribution in [0.4, 0.5) is 5.69 Å². The van der Waals surface area contributed by atoms with Crippen molar-refractivity contribution in [2.75, 3.05) is 0 Å². The molecule has 0 spiro atoms. The van der Waals surface area contributed by atoms with Crippen molar-refractivity contribution in [1.29, 1.82) is 0 Å². The van der Waals surface area contributed by atoms with Gasteiger partial charge in [0.1, 0.15) is 0 Å². The van der Waals surface area contributed by atoms with Crippen molar-refractivity contribution in [3.05, 3.63) is 57.7 Å². The van der Waals surface area contributed by atoms with Crippen LogP contribution in [0.25, 0.3) is 11.4 Å². The summed E-state index contributed by atoms with van der Waals surface area (Å²) >= 11 is 0. The Labute approximate surface area is 147 Å². The summed E-state index contributed by atoms with van der Waals surface area (Å²) in [4.78, 5) is 26.2. The smallest absolute Gasteiger partial charge is 0.359 e. The molecule has 0 fully saturated rings. The van der Waals surface area contributed by atoms with Gasteiger partial charge in [-0.25, -0.2) is 4.79 Å². The summed E-state index contributed by atoms with van der Waals surface area (Å²) in [6.07, 6.45) is 1.73. The Kier molecular flexibility index (Phi) is 5.02. The first kappa shape index (κ1) is 17.3. The van der Waals surface area contributed by atoms with Crippen LogP contribution >= 0.6 is 0 Å². The van der Waals surface area contributed by atoms with Crippen molar-refractivity contribution in [3.63, 3.8) is 0 Å². The molecule has 0 saturated heterocycles. The fourth-order valence-corrected chi connectivity index (χ4v) is 2.23. The second-order valence-corrected chi connectivity index (χ2v) is 5.42. The topological polar surface area (TPSA) is 137 Å². The summed E-state index contributed by atoms with van der Waals surface area (Å²) in [6, 6.07) is 7.35. The Morgan fingerprint density at radius 2 is 2.12 bits per heavy atom. The molecule has 0 radical (unpaired) electrons. The Bertz CT molecular complexity index is 915. The summed E-state index contributed by atoms with van der Waals surface area (Å²) in [6.45, 7) is 1.83. The van der Waals surface area contributed by atoms with Gasteiger partial charge in [0.2, 0.25) is 5.82 Å². The Balaban J connectivity index is 1.61. The lowest BCUT2D eigenvalue weighted by Crippen LogP contribution is -2.05. The number of H-pyrrole nitrogens is 1. The molecule has 0 unspecified atom stereocenters. The van der Waals surface area contributed by atoms with E-state index in [2.05, 4.69) is 20.3 Å². The maximum atomic E-state index is 12.0. The number of nitro groups is 1. The number of ether oxygens (including phenoxy) is 1. The van der Waals surface area contributed by atoms with E-state index in [1.807, 2.05) is 6.92 Å². The van der Waals surface area contributed by atoms with E-state index in [4.69, 9.17) is 9.26 Å². The minimum absolute atomic E-state index is 0.0344. The van der Waals surface area contributed by atoms with E-state index >= 15 is 0 Å². The second kappa shape index (κ2) is 7.55. The molecular formula is C16H15N5O5. The number of rotatable bonds is 7. The van der Waals surface area contributed by atoms with Gasteiger partial charge in [0.15, 0.2) is 12.3 Å². The van der Waals surface area contributed by atoms with Gasteiger partial charge in [-0.3, -0.25) is 15.2 Å². The third-order valence-electron chi connectivity index (χ3n) is 3.49.